The van der Waals surface area contributed by atoms with E-state index in [1.54, 1.807) is 12.0 Å². The van der Waals surface area contributed by atoms with Crippen LogP contribution in [0.15, 0.2) is 30.4 Å². The first kappa shape index (κ1) is 15.9. The summed E-state index contributed by atoms with van der Waals surface area (Å²) in [5.74, 6) is 1.71. The Hall–Kier alpha value is -1.07. The second-order valence-corrected chi connectivity index (χ2v) is 4.36. The first-order valence-electron chi connectivity index (χ1n) is 6.94. The SMILES string of the molecule is CCCCCCCCCCC=CC=CC=C=O. The van der Waals surface area contributed by atoms with Gasteiger partial charge in [0.15, 0.2) is 0 Å². The fraction of sp³-hybridized carbons (Fsp3) is 0.625. The predicted molar refractivity (Wildman–Crippen MR) is 75.8 cm³/mol. The molecule has 0 aromatic heterocycles. The van der Waals surface area contributed by atoms with Gasteiger partial charge in [-0.25, -0.2) is 4.79 Å². The van der Waals surface area contributed by atoms with Crippen molar-refractivity contribution in [1.82, 2.24) is 0 Å². The van der Waals surface area contributed by atoms with Gasteiger partial charge in [0.1, 0.15) is 5.94 Å². The largest absolute Gasteiger partial charge is 0.234 e. The smallest absolute Gasteiger partial charge is 0.124 e. The van der Waals surface area contributed by atoms with Crippen LogP contribution in [-0.4, -0.2) is 5.94 Å². The van der Waals surface area contributed by atoms with E-state index in [4.69, 9.17) is 0 Å². The molecule has 0 radical (unpaired) electrons. The van der Waals surface area contributed by atoms with Crippen molar-refractivity contribution in [1.29, 1.82) is 0 Å². The maximum absolute atomic E-state index is 9.85. The van der Waals surface area contributed by atoms with Crippen molar-refractivity contribution in [2.45, 2.75) is 64.7 Å². The lowest BCUT2D eigenvalue weighted by molar-refractivity contribution is 0.569. The third-order valence-corrected chi connectivity index (χ3v) is 2.75. The Morgan fingerprint density at radius 2 is 1.47 bits per heavy atom. The number of unbranched alkanes of at least 4 members (excludes halogenated alkanes) is 8. The van der Waals surface area contributed by atoms with Gasteiger partial charge in [0.2, 0.25) is 0 Å². The van der Waals surface area contributed by atoms with Crippen molar-refractivity contribution in [2.24, 2.45) is 0 Å². The highest BCUT2D eigenvalue weighted by molar-refractivity contribution is 5.48. The molecule has 0 atom stereocenters. The van der Waals surface area contributed by atoms with Crippen LogP contribution in [-0.2, 0) is 4.79 Å². The summed E-state index contributed by atoms with van der Waals surface area (Å²) in [6, 6.07) is 0. The average molecular weight is 234 g/mol. The second-order valence-electron chi connectivity index (χ2n) is 4.36. The Balaban J connectivity index is 3.15. The molecule has 0 saturated carbocycles. The molecule has 0 spiro atoms. The van der Waals surface area contributed by atoms with E-state index < -0.39 is 0 Å². The van der Waals surface area contributed by atoms with Crippen molar-refractivity contribution in [3.05, 3.63) is 30.4 Å². The molecule has 0 saturated heterocycles. The molecule has 0 bridgehead atoms. The van der Waals surface area contributed by atoms with Gasteiger partial charge in [-0.3, -0.25) is 0 Å². The third-order valence-electron chi connectivity index (χ3n) is 2.75. The fourth-order valence-electron chi connectivity index (χ4n) is 1.73. The minimum absolute atomic E-state index is 1.14. The number of carbonyl (C=O) groups excluding carboxylic acids is 1. The zero-order valence-electron chi connectivity index (χ0n) is 11.2. The highest BCUT2D eigenvalue weighted by atomic mass is 16.1. The third kappa shape index (κ3) is 14.9. The number of hydrogen-bond acceptors (Lipinski definition) is 1. The lowest BCUT2D eigenvalue weighted by Gasteiger charge is -1.99. The number of allylic oxidation sites excluding steroid dienone is 5. The molecule has 0 rings (SSSR count). The van der Waals surface area contributed by atoms with Crippen LogP contribution < -0.4 is 0 Å². The monoisotopic (exact) mass is 234 g/mol. The number of rotatable bonds is 11. The normalized spacial score (nSPS) is 11.1. The minimum Gasteiger partial charge on any atom is -0.234 e. The molecule has 0 amide bonds. The van der Waals surface area contributed by atoms with Gasteiger partial charge in [-0.15, -0.1) is 0 Å². The first-order valence-corrected chi connectivity index (χ1v) is 6.94. The van der Waals surface area contributed by atoms with Crippen LogP contribution in [0.3, 0.4) is 0 Å². The fourth-order valence-corrected chi connectivity index (χ4v) is 1.73. The van der Waals surface area contributed by atoms with E-state index in [9.17, 15) is 4.79 Å². The Morgan fingerprint density at radius 1 is 0.824 bits per heavy atom. The lowest BCUT2D eigenvalue weighted by Crippen LogP contribution is -1.79. The molecule has 17 heavy (non-hydrogen) atoms. The average Bonchev–Trinajstić information content (AvgIpc) is 2.35. The van der Waals surface area contributed by atoms with Gasteiger partial charge in [0.05, 0.1) is 0 Å². The van der Waals surface area contributed by atoms with Crippen molar-refractivity contribution in [2.75, 3.05) is 0 Å². The van der Waals surface area contributed by atoms with Crippen LogP contribution in [0.1, 0.15) is 64.7 Å². The summed E-state index contributed by atoms with van der Waals surface area (Å²) in [6.45, 7) is 2.26. The maximum Gasteiger partial charge on any atom is 0.124 e. The topological polar surface area (TPSA) is 17.1 Å². The van der Waals surface area contributed by atoms with E-state index in [2.05, 4.69) is 13.0 Å². The van der Waals surface area contributed by atoms with E-state index in [1.165, 1.54) is 57.4 Å². The molecule has 0 aliphatic heterocycles. The van der Waals surface area contributed by atoms with Crippen molar-refractivity contribution < 1.29 is 4.79 Å². The van der Waals surface area contributed by atoms with Gasteiger partial charge in [-0.1, -0.05) is 76.2 Å². The molecular formula is C16H26O. The van der Waals surface area contributed by atoms with Crippen LogP contribution >= 0.6 is 0 Å². The van der Waals surface area contributed by atoms with Gasteiger partial charge >= 0.3 is 0 Å². The van der Waals surface area contributed by atoms with Crippen molar-refractivity contribution >= 4 is 5.94 Å². The highest BCUT2D eigenvalue weighted by Gasteiger charge is 1.89. The molecule has 0 N–H and O–H groups in total. The standard InChI is InChI=1S/C16H26O/c1-2-3-4-5-6-7-8-9-10-11-12-13-14-15-16-17/h11-15H,2-10H2,1H3. The molecular weight excluding hydrogens is 208 g/mol. The van der Waals surface area contributed by atoms with Crippen LogP contribution in [0, 0.1) is 0 Å². The molecule has 0 aliphatic rings. The Labute approximate surface area is 106 Å². The van der Waals surface area contributed by atoms with Gasteiger partial charge in [-0.2, -0.15) is 0 Å². The van der Waals surface area contributed by atoms with E-state index in [1.807, 2.05) is 12.2 Å². The van der Waals surface area contributed by atoms with Crippen molar-refractivity contribution in [3.8, 4) is 0 Å². The Bertz CT molecular complexity index is 244. The van der Waals surface area contributed by atoms with Crippen LogP contribution in [0.4, 0.5) is 0 Å². The minimum atomic E-state index is 1.14. The Morgan fingerprint density at radius 3 is 2.12 bits per heavy atom. The first-order chi connectivity index (χ1) is 8.41. The molecule has 0 aromatic rings. The molecule has 1 heteroatoms. The quantitative estimate of drug-likeness (QED) is 0.279. The number of hydrogen-bond donors (Lipinski definition) is 0. The van der Waals surface area contributed by atoms with E-state index in [0.717, 1.165) is 6.42 Å². The summed E-state index contributed by atoms with van der Waals surface area (Å²) in [5, 5.41) is 0. The molecule has 0 aliphatic carbocycles. The van der Waals surface area contributed by atoms with Gasteiger partial charge in [-0.05, 0) is 12.8 Å². The molecule has 0 heterocycles. The summed E-state index contributed by atoms with van der Waals surface area (Å²) in [7, 11) is 0. The summed E-state index contributed by atoms with van der Waals surface area (Å²) in [6.07, 6.45) is 21.2. The van der Waals surface area contributed by atoms with Gasteiger partial charge < -0.3 is 0 Å². The molecule has 96 valence electrons. The second kappa shape index (κ2) is 14.9. The van der Waals surface area contributed by atoms with E-state index in [0.29, 0.717) is 0 Å². The maximum atomic E-state index is 9.85. The van der Waals surface area contributed by atoms with Crippen LogP contribution in [0.2, 0.25) is 0 Å². The van der Waals surface area contributed by atoms with Crippen LogP contribution in [0.5, 0.6) is 0 Å². The molecule has 0 unspecified atom stereocenters. The van der Waals surface area contributed by atoms with Gasteiger partial charge in [0, 0.05) is 6.08 Å². The molecule has 0 aromatic carbocycles. The highest BCUT2D eigenvalue weighted by Crippen LogP contribution is 2.09. The zero-order valence-corrected chi connectivity index (χ0v) is 11.2. The zero-order chi connectivity index (χ0) is 12.6. The lowest BCUT2D eigenvalue weighted by atomic mass is 10.1. The van der Waals surface area contributed by atoms with Gasteiger partial charge in [0.25, 0.3) is 0 Å². The molecule has 1 nitrogen and oxygen atoms in total. The summed E-state index contributed by atoms with van der Waals surface area (Å²) in [4.78, 5) is 9.85. The summed E-state index contributed by atoms with van der Waals surface area (Å²) in [5.41, 5.74) is 0. The van der Waals surface area contributed by atoms with Crippen LogP contribution in [0.25, 0.3) is 0 Å². The Kier molecular flexibility index (Phi) is 14.0. The van der Waals surface area contributed by atoms with E-state index in [-0.39, 0.29) is 0 Å². The van der Waals surface area contributed by atoms with Crippen molar-refractivity contribution in [3.63, 3.8) is 0 Å². The van der Waals surface area contributed by atoms with E-state index >= 15 is 0 Å². The molecule has 0 fully saturated rings. The summed E-state index contributed by atoms with van der Waals surface area (Å²) >= 11 is 0. The summed E-state index contributed by atoms with van der Waals surface area (Å²) < 4.78 is 0. The predicted octanol–water partition coefficient (Wildman–Crippen LogP) is 5.02.